The predicted octanol–water partition coefficient (Wildman–Crippen LogP) is 5.42. The summed E-state index contributed by atoms with van der Waals surface area (Å²) in [7, 11) is 0.597. The molecule has 188 valence electrons. The number of pyridine rings is 2. The first-order chi connectivity index (χ1) is 16.9. The van der Waals surface area contributed by atoms with Crippen LogP contribution in [0.2, 0.25) is 25.7 Å². The molecule has 0 atom stereocenters. The van der Waals surface area contributed by atoms with Crippen molar-refractivity contribution >= 4 is 47.1 Å². The van der Waals surface area contributed by atoms with Crippen LogP contribution < -0.4 is 9.80 Å². The first kappa shape index (κ1) is 24.5. The molecule has 1 aliphatic carbocycles. The third-order valence-electron chi connectivity index (χ3n) is 6.91. The molecule has 8 nitrogen and oxygen atoms in total. The number of rotatable bonds is 10. The summed E-state index contributed by atoms with van der Waals surface area (Å²) in [6.07, 6.45) is 7.21. The van der Waals surface area contributed by atoms with Crippen molar-refractivity contribution in [1.29, 1.82) is 0 Å². The summed E-state index contributed by atoms with van der Waals surface area (Å²) in [5.41, 5.74) is 2.83. The first-order valence-electron chi connectivity index (χ1n) is 12.6. The van der Waals surface area contributed by atoms with Crippen molar-refractivity contribution in [2.24, 2.45) is 0 Å². The van der Waals surface area contributed by atoms with E-state index in [2.05, 4.69) is 50.7 Å². The third-order valence-corrected chi connectivity index (χ3v) is 9.73. The number of fused-ring (bicyclic) bond motifs is 1. The lowest BCUT2D eigenvalue weighted by Gasteiger charge is -2.39. The Kier molecular flexibility index (Phi) is 7.33. The minimum atomic E-state index is -1.17. The minimum Gasteiger partial charge on any atom is -0.378 e. The number of methoxy groups -OCH3 is 1. The van der Waals surface area contributed by atoms with Crippen LogP contribution in [0, 0.1) is 0 Å². The van der Waals surface area contributed by atoms with Crippen LogP contribution >= 0.6 is 11.3 Å². The molecule has 1 aliphatic heterocycles. The zero-order valence-corrected chi connectivity index (χ0v) is 23.1. The molecule has 5 rings (SSSR count). The van der Waals surface area contributed by atoms with Crippen LogP contribution in [0.25, 0.3) is 11.0 Å². The molecule has 10 heteroatoms. The van der Waals surface area contributed by atoms with Gasteiger partial charge in [-0.3, -0.25) is 9.88 Å². The molecule has 1 saturated carbocycles. The molecule has 0 bridgehead atoms. The van der Waals surface area contributed by atoms with E-state index in [1.54, 1.807) is 18.4 Å². The Bertz CT molecular complexity index is 1140. The van der Waals surface area contributed by atoms with Crippen molar-refractivity contribution in [3.8, 4) is 0 Å². The summed E-state index contributed by atoms with van der Waals surface area (Å²) >= 11 is 1.68. The van der Waals surface area contributed by atoms with E-state index in [4.69, 9.17) is 14.5 Å². The fourth-order valence-corrected chi connectivity index (χ4v) is 6.30. The monoisotopic (exact) mass is 512 g/mol. The largest absolute Gasteiger partial charge is 0.378 e. The van der Waals surface area contributed by atoms with Gasteiger partial charge in [0.1, 0.15) is 17.6 Å². The first-order valence-corrected chi connectivity index (χ1v) is 17.2. The molecule has 35 heavy (non-hydrogen) atoms. The molecule has 1 saturated heterocycles. The second-order valence-electron chi connectivity index (χ2n) is 10.8. The summed E-state index contributed by atoms with van der Waals surface area (Å²) in [6.45, 7) is 10.0. The van der Waals surface area contributed by atoms with Crippen molar-refractivity contribution in [2.45, 2.75) is 63.4 Å². The molecule has 0 amide bonds. The summed E-state index contributed by atoms with van der Waals surface area (Å²) < 4.78 is 11.6. The van der Waals surface area contributed by atoms with Crippen LogP contribution in [0.5, 0.6) is 0 Å². The minimum absolute atomic E-state index is 0.292. The highest BCUT2D eigenvalue weighted by Crippen LogP contribution is 2.38. The van der Waals surface area contributed by atoms with Gasteiger partial charge < -0.3 is 14.4 Å². The Labute approximate surface area is 212 Å². The summed E-state index contributed by atoms with van der Waals surface area (Å²) in [4.78, 5) is 14.0. The normalized spacial score (nSPS) is 17.3. The molecule has 2 fully saturated rings. The Balaban J connectivity index is 1.39. The molecule has 0 radical (unpaired) electrons. The van der Waals surface area contributed by atoms with E-state index in [1.807, 2.05) is 18.3 Å². The standard InChI is InChI=1S/C25H36N6O2SSi/c1-32-20-15-30(16-20)19-13-22-21(26-14-19)9-10-23(27-22)31(17-33-11-12-35(2,3)4)25-29-28-24(34-25)18-7-5-6-8-18/h9-10,13-14,18,20H,5-8,11-12,15-17H2,1-4H3. The van der Waals surface area contributed by atoms with Crippen LogP contribution in [0.15, 0.2) is 24.4 Å². The van der Waals surface area contributed by atoms with E-state index in [0.29, 0.717) is 18.8 Å². The van der Waals surface area contributed by atoms with Crippen LogP contribution in [-0.4, -0.2) is 67.9 Å². The zero-order valence-electron chi connectivity index (χ0n) is 21.2. The van der Waals surface area contributed by atoms with Gasteiger partial charge in [-0.1, -0.05) is 43.8 Å². The second-order valence-corrected chi connectivity index (χ2v) is 17.5. The van der Waals surface area contributed by atoms with Crippen molar-refractivity contribution < 1.29 is 9.47 Å². The van der Waals surface area contributed by atoms with Crippen molar-refractivity contribution in [3.05, 3.63) is 29.4 Å². The van der Waals surface area contributed by atoms with Crippen LogP contribution in [-0.2, 0) is 9.47 Å². The van der Waals surface area contributed by atoms with Gasteiger partial charge in [0.05, 0.1) is 29.0 Å². The maximum Gasteiger partial charge on any atom is 0.215 e. The van der Waals surface area contributed by atoms with Gasteiger partial charge in [-0.25, -0.2) is 4.98 Å². The second kappa shape index (κ2) is 10.5. The van der Waals surface area contributed by atoms with Gasteiger partial charge in [-0.15, -0.1) is 10.2 Å². The van der Waals surface area contributed by atoms with Gasteiger partial charge in [0.15, 0.2) is 0 Å². The van der Waals surface area contributed by atoms with Crippen molar-refractivity contribution in [3.63, 3.8) is 0 Å². The van der Waals surface area contributed by atoms with E-state index < -0.39 is 8.07 Å². The Morgan fingerprint density at radius 1 is 1.11 bits per heavy atom. The number of nitrogens with zero attached hydrogens (tertiary/aromatic N) is 6. The van der Waals surface area contributed by atoms with Gasteiger partial charge in [0.2, 0.25) is 5.13 Å². The molecule has 0 aromatic carbocycles. The molecule has 0 spiro atoms. The average molecular weight is 513 g/mol. The Morgan fingerprint density at radius 3 is 2.66 bits per heavy atom. The smallest absolute Gasteiger partial charge is 0.215 e. The molecule has 3 aromatic heterocycles. The Hall–Kier alpha value is -2.14. The molecule has 2 aliphatic rings. The van der Waals surface area contributed by atoms with E-state index >= 15 is 0 Å². The average Bonchev–Trinajstić information content (AvgIpc) is 3.49. The highest BCUT2D eigenvalue weighted by molar-refractivity contribution is 7.15. The van der Waals surface area contributed by atoms with Gasteiger partial charge in [-0.05, 0) is 37.1 Å². The number of anilines is 3. The fraction of sp³-hybridized carbons (Fsp3) is 0.600. The third kappa shape index (κ3) is 5.82. The highest BCUT2D eigenvalue weighted by atomic mass is 32.1. The maximum absolute atomic E-state index is 6.16. The van der Waals surface area contributed by atoms with Crippen molar-refractivity contribution in [2.75, 3.05) is 43.3 Å². The van der Waals surface area contributed by atoms with E-state index in [1.165, 1.54) is 25.7 Å². The van der Waals surface area contributed by atoms with Gasteiger partial charge >= 0.3 is 0 Å². The van der Waals surface area contributed by atoms with Gasteiger partial charge in [-0.2, -0.15) is 0 Å². The van der Waals surface area contributed by atoms with E-state index in [9.17, 15) is 0 Å². The molecular formula is C25H36N6O2SSi. The topological polar surface area (TPSA) is 76.5 Å². The number of hydrogen-bond acceptors (Lipinski definition) is 9. The van der Waals surface area contributed by atoms with Crippen LogP contribution in [0.4, 0.5) is 16.6 Å². The molecule has 0 N–H and O–H groups in total. The maximum atomic E-state index is 6.16. The lowest BCUT2D eigenvalue weighted by atomic mass is 10.1. The van der Waals surface area contributed by atoms with Crippen LogP contribution in [0.3, 0.4) is 0 Å². The van der Waals surface area contributed by atoms with Gasteiger partial charge in [0, 0.05) is 40.8 Å². The highest BCUT2D eigenvalue weighted by Gasteiger charge is 2.27. The lowest BCUT2D eigenvalue weighted by Crippen LogP contribution is -2.51. The van der Waals surface area contributed by atoms with Crippen LogP contribution in [0.1, 0.15) is 36.6 Å². The lowest BCUT2D eigenvalue weighted by molar-refractivity contribution is 0.0787. The predicted molar refractivity (Wildman–Crippen MR) is 145 cm³/mol. The molecule has 4 heterocycles. The van der Waals surface area contributed by atoms with Gasteiger partial charge in [0.25, 0.3) is 0 Å². The van der Waals surface area contributed by atoms with Crippen molar-refractivity contribution in [1.82, 2.24) is 20.2 Å². The number of ether oxygens (including phenoxy) is 2. The van der Waals surface area contributed by atoms with E-state index in [-0.39, 0.29) is 0 Å². The quantitative estimate of drug-likeness (QED) is 0.202. The fourth-order valence-electron chi connectivity index (χ4n) is 4.53. The summed E-state index contributed by atoms with van der Waals surface area (Å²) in [5, 5.41) is 11.1. The number of hydrogen-bond donors (Lipinski definition) is 0. The zero-order chi connectivity index (χ0) is 24.4. The summed E-state index contributed by atoms with van der Waals surface area (Å²) in [6, 6.07) is 7.29. The number of aromatic nitrogens is 4. The SMILES string of the molecule is COC1CN(c2cnc3ccc(N(COCC[Si](C)(C)C)c4nnc(C5CCCC5)s4)nc3c2)C1. The molecule has 3 aromatic rings. The molecular weight excluding hydrogens is 476 g/mol. The van der Waals surface area contributed by atoms with E-state index in [0.717, 1.165) is 58.4 Å². The molecule has 0 unspecified atom stereocenters. The summed E-state index contributed by atoms with van der Waals surface area (Å²) in [5.74, 6) is 1.36. The Morgan fingerprint density at radius 2 is 1.91 bits per heavy atom.